The molecule has 0 aromatic carbocycles. The number of hydrogen-bond donors (Lipinski definition) is 3. The third-order valence-corrected chi connectivity index (χ3v) is 6.27. The van der Waals surface area contributed by atoms with Crippen molar-refractivity contribution in [1.82, 2.24) is 0 Å². The van der Waals surface area contributed by atoms with Gasteiger partial charge < -0.3 is 15.3 Å². The van der Waals surface area contributed by atoms with Crippen LogP contribution in [0.25, 0.3) is 0 Å². The number of hydrogen-bond acceptors (Lipinski definition) is 3. The number of carboxylic acid groups (broad SMARTS) is 1. The fraction of sp³-hybridized carbons (Fsp3) is 0.618. The van der Waals surface area contributed by atoms with Gasteiger partial charge in [-0.1, -0.05) is 144 Å². The lowest BCUT2D eigenvalue weighted by atomic mass is 10.0. The van der Waals surface area contributed by atoms with Gasteiger partial charge in [0.25, 0.3) is 0 Å². The number of carboxylic acids is 1. The van der Waals surface area contributed by atoms with E-state index in [1.54, 1.807) is 12.2 Å². The summed E-state index contributed by atoms with van der Waals surface area (Å²) in [6, 6.07) is 0. The minimum atomic E-state index is -0.672. The van der Waals surface area contributed by atoms with E-state index in [9.17, 15) is 15.0 Å². The minimum absolute atomic E-state index is 0.319. The standard InChI is InChI=1S/C34H56O4/c1-2-3-22-27-32(35)29-24-20-21-25-30-33(36)28-23-18-16-14-12-10-8-6-4-5-7-9-11-13-15-17-19-26-31-34(37)38/h3,12,14,18,20-25,29-30,32-33,35-36H,2,4-11,13,15-17,19,26-28,31H2,1H3,(H,37,38)/t32-,33?/m0/s1. The van der Waals surface area contributed by atoms with Crippen LogP contribution < -0.4 is 0 Å². The average molecular weight is 529 g/mol. The first kappa shape index (κ1) is 35.8. The Morgan fingerprint density at radius 2 is 1.03 bits per heavy atom. The summed E-state index contributed by atoms with van der Waals surface area (Å²) in [6.45, 7) is 2.07. The van der Waals surface area contributed by atoms with Crippen LogP contribution in [-0.2, 0) is 4.79 Å². The van der Waals surface area contributed by atoms with Crippen LogP contribution in [0.4, 0.5) is 0 Å². The smallest absolute Gasteiger partial charge is 0.303 e. The lowest BCUT2D eigenvalue weighted by molar-refractivity contribution is -0.137. The molecule has 4 nitrogen and oxygen atoms in total. The van der Waals surface area contributed by atoms with Gasteiger partial charge in [-0.3, -0.25) is 4.79 Å². The molecule has 38 heavy (non-hydrogen) atoms. The number of aliphatic hydroxyl groups is 2. The fourth-order valence-corrected chi connectivity index (χ4v) is 4.00. The average Bonchev–Trinajstić information content (AvgIpc) is 2.89. The lowest BCUT2D eigenvalue weighted by Crippen LogP contribution is -1.98. The Morgan fingerprint density at radius 1 is 0.579 bits per heavy atom. The molecule has 0 rings (SSSR count). The summed E-state index contributed by atoms with van der Waals surface area (Å²) in [6.07, 6.45) is 42.1. The van der Waals surface area contributed by atoms with Crippen molar-refractivity contribution >= 4 is 5.97 Å². The molecule has 2 atom stereocenters. The van der Waals surface area contributed by atoms with Crippen molar-refractivity contribution in [1.29, 1.82) is 0 Å². The van der Waals surface area contributed by atoms with Gasteiger partial charge in [-0.2, -0.15) is 0 Å². The number of aliphatic hydroxyl groups excluding tert-OH is 2. The number of unbranched alkanes of at least 4 members (excludes halogenated alkanes) is 12. The van der Waals surface area contributed by atoms with Crippen molar-refractivity contribution in [2.75, 3.05) is 0 Å². The first-order valence-corrected chi connectivity index (χ1v) is 15.1. The molecule has 0 saturated heterocycles. The predicted octanol–water partition coefficient (Wildman–Crippen LogP) is 9.17. The van der Waals surface area contributed by atoms with E-state index >= 15 is 0 Å². The van der Waals surface area contributed by atoms with E-state index in [-0.39, 0.29) is 0 Å². The monoisotopic (exact) mass is 528 g/mol. The number of aliphatic carboxylic acids is 1. The van der Waals surface area contributed by atoms with E-state index in [0.717, 1.165) is 32.1 Å². The molecule has 0 aliphatic rings. The zero-order valence-electron chi connectivity index (χ0n) is 24.1. The molecule has 0 radical (unpaired) electrons. The Bertz CT molecular complexity index is 699. The molecule has 0 saturated carbocycles. The van der Waals surface area contributed by atoms with E-state index < -0.39 is 18.2 Å². The molecule has 0 spiro atoms. The molecular formula is C34H56O4. The van der Waals surface area contributed by atoms with Crippen LogP contribution in [0.1, 0.15) is 122 Å². The molecular weight excluding hydrogens is 472 g/mol. The van der Waals surface area contributed by atoms with Gasteiger partial charge >= 0.3 is 5.97 Å². The molecule has 0 aliphatic heterocycles. The molecule has 1 unspecified atom stereocenters. The Labute approximate surface area is 233 Å². The second-order valence-electron chi connectivity index (χ2n) is 9.99. The molecule has 0 bridgehead atoms. The van der Waals surface area contributed by atoms with Gasteiger partial charge in [0.15, 0.2) is 0 Å². The van der Waals surface area contributed by atoms with Crippen molar-refractivity contribution in [3.05, 3.63) is 72.9 Å². The zero-order valence-corrected chi connectivity index (χ0v) is 24.1. The third kappa shape index (κ3) is 30.1. The van der Waals surface area contributed by atoms with Gasteiger partial charge in [-0.25, -0.2) is 0 Å². The molecule has 3 N–H and O–H groups in total. The Kier molecular flexibility index (Phi) is 27.7. The van der Waals surface area contributed by atoms with Crippen molar-refractivity contribution in [2.24, 2.45) is 0 Å². The van der Waals surface area contributed by atoms with E-state index in [0.29, 0.717) is 19.3 Å². The molecule has 0 amide bonds. The van der Waals surface area contributed by atoms with Crippen LogP contribution >= 0.6 is 0 Å². The summed E-state index contributed by atoms with van der Waals surface area (Å²) in [5.41, 5.74) is 0. The highest BCUT2D eigenvalue weighted by atomic mass is 16.4. The van der Waals surface area contributed by atoms with Crippen LogP contribution in [0.3, 0.4) is 0 Å². The summed E-state index contributed by atoms with van der Waals surface area (Å²) in [7, 11) is 0. The summed E-state index contributed by atoms with van der Waals surface area (Å²) in [5, 5.41) is 28.4. The van der Waals surface area contributed by atoms with Gasteiger partial charge in [0.2, 0.25) is 0 Å². The van der Waals surface area contributed by atoms with Crippen molar-refractivity contribution < 1.29 is 20.1 Å². The zero-order chi connectivity index (χ0) is 27.9. The van der Waals surface area contributed by atoms with E-state index in [1.165, 1.54) is 64.2 Å². The summed E-state index contributed by atoms with van der Waals surface area (Å²) in [4.78, 5) is 10.5. The minimum Gasteiger partial charge on any atom is -0.481 e. The van der Waals surface area contributed by atoms with Crippen molar-refractivity contribution in [2.45, 2.75) is 135 Å². The van der Waals surface area contributed by atoms with Gasteiger partial charge in [-0.15, -0.1) is 0 Å². The highest BCUT2D eigenvalue weighted by Gasteiger charge is 1.97. The number of carbonyl (C=O) groups is 1. The van der Waals surface area contributed by atoms with Crippen molar-refractivity contribution in [3.63, 3.8) is 0 Å². The maximum atomic E-state index is 10.5. The maximum Gasteiger partial charge on any atom is 0.303 e. The van der Waals surface area contributed by atoms with Crippen LogP contribution in [0.15, 0.2) is 72.9 Å². The first-order chi connectivity index (χ1) is 18.6. The third-order valence-electron chi connectivity index (χ3n) is 6.27. The van der Waals surface area contributed by atoms with E-state index in [1.807, 2.05) is 36.5 Å². The maximum absolute atomic E-state index is 10.5. The Hall–Kier alpha value is -2.17. The van der Waals surface area contributed by atoms with Crippen LogP contribution in [0.5, 0.6) is 0 Å². The summed E-state index contributed by atoms with van der Waals surface area (Å²) in [5.74, 6) is -0.672. The summed E-state index contributed by atoms with van der Waals surface area (Å²) < 4.78 is 0. The summed E-state index contributed by atoms with van der Waals surface area (Å²) >= 11 is 0. The highest BCUT2D eigenvalue weighted by molar-refractivity contribution is 5.66. The first-order valence-electron chi connectivity index (χ1n) is 15.1. The Morgan fingerprint density at radius 3 is 1.53 bits per heavy atom. The molecule has 216 valence electrons. The fourth-order valence-electron chi connectivity index (χ4n) is 4.00. The van der Waals surface area contributed by atoms with Crippen molar-refractivity contribution in [3.8, 4) is 0 Å². The van der Waals surface area contributed by atoms with Gasteiger partial charge in [0.1, 0.15) is 0 Å². The molecule has 0 aliphatic carbocycles. The quantitative estimate of drug-likeness (QED) is 0.0594. The molecule has 0 heterocycles. The second-order valence-corrected chi connectivity index (χ2v) is 9.99. The molecule has 0 fully saturated rings. The molecule has 0 aromatic heterocycles. The van der Waals surface area contributed by atoms with Gasteiger partial charge in [0.05, 0.1) is 12.2 Å². The molecule has 0 aromatic rings. The number of allylic oxidation sites excluding steroid dienone is 8. The lowest BCUT2D eigenvalue weighted by Gasteiger charge is -2.02. The normalized spacial score (nSPS) is 14.4. The van der Waals surface area contributed by atoms with Gasteiger partial charge in [-0.05, 0) is 44.9 Å². The van der Waals surface area contributed by atoms with E-state index in [2.05, 4.69) is 31.2 Å². The van der Waals surface area contributed by atoms with E-state index in [4.69, 9.17) is 5.11 Å². The van der Waals surface area contributed by atoms with Crippen LogP contribution in [0.2, 0.25) is 0 Å². The largest absolute Gasteiger partial charge is 0.481 e. The molecule has 4 heteroatoms. The second kappa shape index (κ2) is 29.4. The predicted molar refractivity (Wildman–Crippen MR) is 163 cm³/mol. The van der Waals surface area contributed by atoms with Crippen LogP contribution in [0, 0.1) is 0 Å². The van der Waals surface area contributed by atoms with Crippen LogP contribution in [-0.4, -0.2) is 33.5 Å². The topological polar surface area (TPSA) is 77.8 Å². The van der Waals surface area contributed by atoms with Gasteiger partial charge in [0, 0.05) is 6.42 Å². The highest BCUT2D eigenvalue weighted by Crippen LogP contribution is 2.13. The number of rotatable bonds is 26. The SMILES string of the molecule is CCC=CC[C@H](O)C=CC=CC=CC(O)CC=CCC=CCCCCCCCCCCCCCCC(=O)O. The Balaban J connectivity index is 3.53.